The molecule has 0 atom stereocenters. The molecular formula is C19H22O6. The number of benzene rings is 1. The summed E-state index contributed by atoms with van der Waals surface area (Å²) < 4.78 is 20.4. The highest BCUT2D eigenvalue weighted by atomic mass is 16.6. The molecule has 25 heavy (non-hydrogen) atoms. The summed E-state index contributed by atoms with van der Waals surface area (Å²) >= 11 is 0. The summed E-state index contributed by atoms with van der Waals surface area (Å²) in [6, 6.07) is 9.96. The molecule has 6 heteroatoms. The van der Waals surface area contributed by atoms with E-state index in [0.717, 1.165) is 12.8 Å². The predicted octanol–water partition coefficient (Wildman–Crippen LogP) is 3.43. The zero-order chi connectivity index (χ0) is 18.2. The van der Waals surface area contributed by atoms with Crippen molar-refractivity contribution in [2.24, 2.45) is 0 Å². The van der Waals surface area contributed by atoms with Crippen LogP contribution in [0.4, 0.5) is 0 Å². The Morgan fingerprint density at radius 3 is 2.36 bits per heavy atom. The van der Waals surface area contributed by atoms with E-state index in [1.54, 1.807) is 6.92 Å². The van der Waals surface area contributed by atoms with Crippen LogP contribution < -0.4 is 4.74 Å². The lowest BCUT2D eigenvalue weighted by atomic mass is 10.0. The average molecular weight is 346 g/mol. The van der Waals surface area contributed by atoms with Gasteiger partial charge in [-0.2, -0.15) is 0 Å². The monoisotopic (exact) mass is 346 g/mol. The van der Waals surface area contributed by atoms with Crippen molar-refractivity contribution < 1.29 is 28.2 Å². The molecule has 1 heterocycles. The number of carbonyl (C=O) groups is 2. The highest BCUT2D eigenvalue weighted by molar-refractivity contribution is 5.98. The molecule has 134 valence electrons. The minimum atomic E-state index is -0.620. The van der Waals surface area contributed by atoms with Crippen LogP contribution in [-0.4, -0.2) is 32.8 Å². The van der Waals surface area contributed by atoms with E-state index in [1.165, 1.54) is 19.8 Å². The molecule has 0 spiro atoms. The molecule has 0 amide bonds. The highest BCUT2D eigenvalue weighted by Crippen LogP contribution is 2.32. The van der Waals surface area contributed by atoms with E-state index in [1.807, 2.05) is 30.3 Å². The van der Waals surface area contributed by atoms with Gasteiger partial charge in [-0.1, -0.05) is 30.3 Å². The van der Waals surface area contributed by atoms with Crippen molar-refractivity contribution >= 4 is 11.9 Å². The van der Waals surface area contributed by atoms with Crippen LogP contribution in [0.3, 0.4) is 0 Å². The second kappa shape index (κ2) is 8.92. The fourth-order valence-electron chi connectivity index (χ4n) is 2.61. The lowest BCUT2D eigenvalue weighted by Gasteiger charge is -2.05. The van der Waals surface area contributed by atoms with E-state index in [9.17, 15) is 9.59 Å². The van der Waals surface area contributed by atoms with Crippen LogP contribution in [0.5, 0.6) is 5.95 Å². The zero-order valence-electron chi connectivity index (χ0n) is 14.7. The van der Waals surface area contributed by atoms with Gasteiger partial charge < -0.3 is 18.6 Å². The third kappa shape index (κ3) is 4.41. The minimum absolute atomic E-state index is 0.00726. The maximum atomic E-state index is 12.2. The first-order valence-electron chi connectivity index (χ1n) is 8.11. The Balaban J connectivity index is 2.29. The highest BCUT2D eigenvalue weighted by Gasteiger charge is 2.31. The number of methoxy groups -OCH3 is 2. The molecule has 0 saturated heterocycles. The van der Waals surface area contributed by atoms with E-state index in [0.29, 0.717) is 12.0 Å². The van der Waals surface area contributed by atoms with Crippen LogP contribution in [0.2, 0.25) is 0 Å². The fourth-order valence-corrected chi connectivity index (χ4v) is 2.61. The molecule has 6 nitrogen and oxygen atoms in total. The normalized spacial score (nSPS) is 10.4. The number of hydrogen-bond acceptors (Lipinski definition) is 6. The third-order valence-corrected chi connectivity index (χ3v) is 3.75. The summed E-state index contributed by atoms with van der Waals surface area (Å²) in [5.41, 5.74) is 1.77. The standard InChI is InChI=1S/C19H22O6/c1-4-24-18(21)16-14(12-8-11-13-9-6-5-7-10-13)15(17(20)22-2)19(23-3)25-16/h5-7,9-10H,4,8,11-12H2,1-3H3. The van der Waals surface area contributed by atoms with Crippen LogP contribution in [0.25, 0.3) is 0 Å². The third-order valence-electron chi connectivity index (χ3n) is 3.75. The SMILES string of the molecule is CCOC(=O)c1oc(OC)c(C(=O)OC)c1CCCc1ccccc1. The van der Waals surface area contributed by atoms with Gasteiger partial charge in [-0.25, -0.2) is 9.59 Å². The molecule has 0 fully saturated rings. The number of rotatable bonds is 8. The van der Waals surface area contributed by atoms with Crippen molar-refractivity contribution in [3.8, 4) is 5.95 Å². The molecule has 1 aromatic carbocycles. The quantitative estimate of drug-likeness (QED) is 0.682. The van der Waals surface area contributed by atoms with Gasteiger partial charge in [0, 0.05) is 5.56 Å². The van der Waals surface area contributed by atoms with E-state index in [2.05, 4.69) is 0 Å². The number of ether oxygens (including phenoxy) is 3. The molecule has 0 unspecified atom stereocenters. The van der Waals surface area contributed by atoms with Crippen LogP contribution in [0.1, 0.15) is 45.4 Å². The molecule has 1 aromatic heterocycles. The number of carbonyl (C=O) groups excluding carboxylic acids is 2. The molecule has 0 aliphatic rings. The first-order chi connectivity index (χ1) is 12.1. The van der Waals surface area contributed by atoms with Crippen LogP contribution in [-0.2, 0) is 22.3 Å². The van der Waals surface area contributed by atoms with Gasteiger partial charge in [0.05, 0.1) is 20.8 Å². The summed E-state index contributed by atoms with van der Waals surface area (Å²) in [5, 5.41) is 0. The minimum Gasteiger partial charge on any atom is -0.468 e. The Labute approximate surface area is 146 Å². The fraction of sp³-hybridized carbons (Fsp3) is 0.368. The molecular weight excluding hydrogens is 324 g/mol. The van der Waals surface area contributed by atoms with Crippen molar-refractivity contribution in [2.45, 2.75) is 26.2 Å². The van der Waals surface area contributed by atoms with Gasteiger partial charge in [-0.05, 0) is 31.7 Å². The Morgan fingerprint density at radius 2 is 1.76 bits per heavy atom. The van der Waals surface area contributed by atoms with Crippen LogP contribution in [0, 0.1) is 0 Å². The molecule has 0 bridgehead atoms. The Hall–Kier alpha value is -2.76. The van der Waals surface area contributed by atoms with Crippen molar-refractivity contribution in [1.29, 1.82) is 0 Å². The molecule has 2 rings (SSSR count). The van der Waals surface area contributed by atoms with Gasteiger partial charge in [0.1, 0.15) is 5.56 Å². The zero-order valence-corrected chi connectivity index (χ0v) is 14.7. The maximum Gasteiger partial charge on any atom is 0.374 e. The Bertz CT molecular complexity index is 717. The van der Waals surface area contributed by atoms with Gasteiger partial charge in [0.15, 0.2) is 0 Å². The van der Waals surface area contributed by atoms with Gasteiger partial charge in [0.25, 0.3) is 5.95 Å². The average Bonchev–Trinajstić information content (AvgIpc) is 3.01. The summed E-state index contributed by atoms with van der Waals surface area (Å²) in [6.45, 7) is 1.91. The maximum absolute atomic E-state index is 12.2. The van der Waals surface area contributed by atoms with E-state index < -0.39 is 11.9 Å². The summed E-state index contributed by atoms with van der Waals surface area (Å²) in [7, 11) is 2.64. The van der Waals surface area contributed by atoms with Crippen molar-refractivity contribution in [2.75, 3.05) is 20.8 Å². The summed E-state index contributed by atoms with van der Waals surface area (Å²) in [6.07, 6.45) is 1.99. The van der Waals surface area contributed by atoms with Gasteiger partial charge in [-0.15, -0.1) is 0 Å². The number of aryl methyl sites for hydroxylation is 1. The summed E-state index contributed by atoms with van der Waals surface area (Å²) in [5.74, 6) is -1.27. The topological polar surface area (TPSA) is 75.0 Å². The van der Waals surface area contributed by atoms with Crippen LogP contribution >= 0.6 is 0 Å². The molecule has 0 aliphatic carbocycles. The molecule has 0 saturated carbocycles. The lowest BCUT2D eigenvalue weighted by Crippen LogP contribution is -2.10. The molecule has 0 radical (unpaired) electrons. The van der Waals surface area contributed by atoms with Gasteiger partial charge in [-0.3, -0.25) is 0 Å². The van der Waals surface area contributed by atoms with Crippen molar-refractivity contribution in [3.05, 3.63) is 52.8 Å². The van der Waals surface area contributed by atoms with Crippen molar-refractivity contribution in [1.82, 2.24) is 0 Å². The second-order valence-corrected chi connectivity index (χ2v) is 5.33. The molecule has 0 aliphatic heterocycles. The number of esters is 2. The number of furan rings is 1. The first kappa shape index (κ1) is 18.6. The van der Waals surface area contributed by atoms with Gasteiger partial charge in [0.2, 0.25) is 5.76 Å². The van der Waals surface area contributed by atoms with E-state index >= 15 is 0 Å². The van der Waals surface area contributed by atoms with E-state index in [4.69, 9.17) is 18.6 Å². The smallest absolute Gasteiger partial charge is 0.374 e. The largest absolute Gasteiger partial charge is 0.468 e. The first-order valence-corrected chi connectivity index (χ1v) is 8.11. The predicted molar refractivity (Wildman–Crippen MR) is 91.0 cm³/mol. The van der Waals surface area contributed by atoms with E-state index in [-0.39, 0.29) is 23.9 Å². The molecule has 2 aromatic rings. The van der Waals surface area contributed by atoms with Gasteiger partial charge >= 0.3 is 11.9 Å². The van der Waals surface area contributed by atoms with Crippen molar-refractivity contribution in [3.63, 3.8) is 0 Å². The van der Waals surface area contributed by atoms with Crippen LogP contribution in [0.15, 0.2) is 34.7 Å². The Kier molecular flexibility index (Phi) is 6.62. The number of hydrogen-bond donors (Lipinski definition) is 0. The molecule has 0 N–H and O–H groups in total. The Morgan fingerprint density at radius 1 is 1.04 bits per heavy atom. The summed E-state index contributed by atoms with van der Waals surface area (Å²) in [4.78, 5) is 24.3. The lowest BCUT2D eigenvalue weighted by molar-refractivity contribution is 0.0480. The second-order valence-electron chi connectivity index (χ2n) is 5.33.